The summed E-state index contributed by atoms with van der Waals surface area (Å²) in [7, 11) is 1.72. The topological polar surface area (TPSA) is 21.3 Å². The third-order valence-corrected chi connectivity index (χ3v) is 3.99. The van der Waals surface area contributed by atoms with E-state index in [1.807, 2.05) is 12.1 Å². The summed E-state index contributed by atoms with van der Waals surface area (Å²) in [6, 6.07) is 6.43. The van der Waals surface area contributed by atoms with Gasteiger partial charge in [0.05, 0.1) is 7.11 Å². The molecule has 0 saturated carbocycles. The van der Waals surface area contributed by atoms with E-state index in [1.54, 1.807) is 19.1 Å². The second-order valence-corrected chi connectivity index (χ2v) is 7.76. The fourth-order valence-electron chi connectivity index (χ4n) is 1.59. The third kappa shape index (κ3) is 4.82. The van der Waals surface area contributed by atoms with E-state index in [2.05, 4.69) is 54.4 Å². The Balaban J connectivity index is 2.90. The zero-order chi connectivity index (χ0) is 13.8. The number of benzene rings is 1. The van der Waals surface area contributed by atoms with Gasteiger partial charge in [-0.15, -0.1) is 0 Å². The Hall–Kier alpha value is -0.190. The van der Waals surface area contributed by atoms with Crippen LogP contribution in [0.15, 0.2) is 22.7 Å². The van der Waals surface area contributed by atoms with E-state index in [0.717, 1.165) is 16.6 Å². The van der Waals surface area contributed by atoms with E-state index in [4.69, 9.17) is 4.74 Å². The van der Waals surface area contributed by atoms with Crippen molar-refractivity contribution in [3.05, 3.63) is 28.2 Å². The van der Waals surface area contributed by atoms with E-state index >= 15 is 0 Å². The molecule has 0 heterocycles. The minimum atomic E-state index is 0.201. The highest BCUT2D eigenvalue weighted by molar-refractivity contribution is 9.10. The quantitative estimate of drug-likeness (QED) is 0.771. The maximum Gasteiger partial charge on any atom is 0.123 e. The van der Waals surface area contributed by atoms with Gasteiger partial charge in [0, 0.05) is 20.8 Å². The van der Waals surface area contributed by atoms with E-state index in [-0.39, 0.29) is 4.75 Å². The largest absolute Gasteiger partial charge is 0.496 e. The molecule has 102 valence electrons. The van der Waals surface area contributed by atoms with Gasteiger partial charge in [-0.05, 0) is 45.4 Å². The fraction of sp³-hybridized carbons (Fsp3) is 0.571. The molecule has 1 aromatic rings. The van der Waals surface area contributed by atoms with Gasteiger partial charge in [-0.25, -0.2) is 0 Å². The summed E-state index contributed by atoms with van der Waals surface area (Å²) in [4.78, 5) is 0. The Morgan fingerprint density at radius 2 is 2.06 bits per heavy atom. The highest BCUT2D eigenvalue weighted by Crippen LogP contribution is 2.33. The average Bonchev–Trinajstić information content (AvgIpc) is 2.28. The Morgan fingerprint density at radius 1 is 1.39 bits per heavy atom. The Labute approximate surface area is 123 Å². The number of nitrogens with one attached hydrogen (secondary N) is 1. The van der Waals surface area contributed by atoms with Crippen LogP contribution >= 0.6 is 27.9 Å². The second kappa shape index (κ2) is 6.83. The van der Waals surface area contributed by atoms with Gasteiger partial charge in [-0.1, -0.05) is 34.8 Å². The van der Waals surface area contributed by atoms with Crippen LogP contribution in [0.4, 0.5) is 0 Å². The molecular weight excluding hydrogens is 310 g/mol. The Bertz CT molecular complexity index is 390. The highest BCUT2D eigenvalue weighted by Gasteiger charge is 2.18. The molecule has 0 aliphatic rings. The van der Waals surface area contributed by atoms with Crippen LogP contribution in [0.2, 0.25) is 0 Å². The molecule has 18 heavy (non-hydrogen) atoms. The fourth-order valence-corrected chi connectivity index (χ4v) is 2.76. The number of hydrogen-bond acceptors (Lipinski definition) is 3. The van der Waals surface area contributed by atoms with E-state index in [1.165, 1.54) is 5.56 Å². The van der Waals surface area contributed by atoms with Crippen LogP contribution in [0.1, 0.15) is 45.7 Å². The van der Waals surface area contributed by atoms with Crippen LogP contribution in [-0.2, 0) is 0 Å². The van der Waals surface area contributed by atoms with Gasteiger partial charge in [0.25, 0.3) is 0 Å². The van der Waals surface area contributed by atoms with Crippen molar-refractivity contribution in [3.8, 4) is 5.75 Å². The zero-order valence-electron chi connectivity index (χ0n) is 11.7. The van der Waals surface area contributed by atoms with E-state index in [0.29, 0.717) is 6.04 Å². The van der Waals surface area contributed by atoms with Crippen molar-refractivity contribution < 1.29 is 4.74 Å². The molecule has 4 heteroatoms. The lowest BCUT2D eigenvalue weighted by molar-refractivity contribution is 0.403. The summed E-state index contributed by atoms with van der Waals surface area (Å²) < 4.78 is 10.3. The van der Waals surface area contributed by atoms with Crippen molar-refractivity contribution in [2.24, 2.45) is 0 Å². The first kappa shape index (κ1) is 15.9. The van der Waals surface area contributed by atoms with Crippen molar-refractivity contribution in [1.29, 1.82) is 0 Å². The van der Waals surface area contributed by atoms with Crippen molar-refractivity contribution in [2.45, 2.75) is 44.9 Å². The molecule has 0 spiro atoms. The van der Waals surface area contributed by atoms with E-state index in [9.17, 15) is 0 Å². The van der Waals surface area contributed by atoms with Gasteiger partial charge in [0.2, 0.25) is 0 Å². The van der Waals surface area contributed by atoms with Gasteiger partial charge in [0.1, 0.15) is 5.75 Å². The van der Waals surface area contributed by atoms with Crippen molar-refractivity contribution in [2.75, 3.05) is 7.11 Å². The van der Waals surface area contributed by atoms with Crippen LogP contribution in [0.5, 0.6) is 5.75 Å². The van der Waals surface area contributed by atoms with Crippen LogP contribution in [-0.4, -0.2) is 11.9 Å². The molecule has 0 bridgehead atoms. The lowest BCUT2D eigenvalue weighted by atomic mass is 10.0. The first-order chi connectivity index (χ1) is 8.37. The normalized spacial score (nSPS) is 13.4. The molecule has 0 aromatic heterocycles. The maximum absolute atomic E-state index is 5.44. The molecule has 0 aliphatic carbocycles. The van der Waals surface area contributed by atoms with Crippen molar-refractivity contribution in [1.82, 2.24) is 4.72 Å². The molecule has 1 N–H and O–H groups in total. The molecule has 0 saturated heterocycles. The molecule has 0 radical (unpaired) electrons. The van der Waals surface area contributed by atoms with Crippen LogP contribution < -0.4 is 9.46 Å². The number of ether oxygens (including phenoxy) is 1. The molecule has 1 atom stereocenters. The molecule has 1 aromatic carbocycles. The summed E-state index contributed by atoms with van der Waals surface area (Å²) in [6.45, 7) is 8.79. The minimum absolute atomic E-state index is 0.201. The van der Waals surface area contributed by atoms with Gasteiger partial charge < -0.3 is 4.74 Å². The summed E-state index contributed by atoms with van der Waals surface area (Å²) in [5.41, 5.74) is 1.20. The van der Waals surface area contributed by atoms with Gasteiger partial charge in [0.15, 0.2) is 0 Å². The van der Waals surface area contributed by atoms with Crippen LogP contribution in [0.25, 0.3) is 0 Å². The van der Waals surface area contributed by atoms with E-state index < -0.39 is 0 Å². The smallest absolute Gasteiger partial charge is 0.123 e. The maximum atomic E-state index is 5.44. The third-order valence-electron chi connectivity index (χ3n) is 2.48. The monoisotopic (exact) mass is 331 g/mol. The van der Waals surface area contributed by atoms with Gasteiger partial charge in [-0.3, -0.25) is 4.72 Å². The SMILES string of the molecule is CC[C@H](NSC(C)(C)C)c1cc(Br)ccc1OC. The zero-order valence-corrected chi connectivity index (χ0v) is 14.1. The van der Waals surface area contributed by atoms with Crippen molar-refractivity contribution >= 4 is 27.9 Å². The molecular formula is C14H22BrNOS. The first-order valence-electron chi connectivity index (χ1n) is 6.14. The number of halogens is 1. The molecule has 1 rings (SSSR count). The Morgan fingerprint density at radius 3 is 2.56 bits per heavy atom. The predicted octanol–water partition coefficient (Wildman–Crippen LogP) is 4.95. The van der Waals surface area contributed by atoms with Crippen LogP contribution in [0.3, 0.4) is 0 Å². The lowest BCUT2D eigenvalue weighted by Gasteiger charge is -2.25. The summed E-state index contributed by atoms with van der Waals surface area (Å²) >= 11 is 5.29. The summed E-state index contributed by atoms with van der Waals surface area (Å²) in [5.74, 6) is 0.937. The number of hydrogen-bond donors (Lipinski definition) is 1. The first-order valence-corrected chi connectivity index (χ1v) is 7.75. The second-order valence-electron chi connectivity index (χ2n) is 5.18. The lowest BCUT2D eigenvalue weighted by Crippen LogP contribution is -2.21. The molecule has 0 fully saturated rings. The van der Waals surface area contributed by atoms with Gasteiger partial charge >= 0.3 is 0 Å². The van der Waals surface area contributed by atoms with Crippen LogP contribution in [0, 0.1) is 0 Å². The van der Waals surface area contributed by atoms with Crippen molar-refractivity contribution in [3.63, 3.8) is 0 Å². The minimum Gasteiger partial charge on any atom is -0.496 e. The summed E-state index contributed by atoms with van der Waals surface area (Å²) in [6.07, 6.45) is 1.02. The molecule has 2 nitrogen and oxygen atoms in total. The Kier molecular flexibility index (Phi) is 6.02. The number of methoxy groups -OCH3 is 1. The predicted molar refractivity (Wildman–Crippen MR) is 84.2 cm³/mol. The summed E-state index contributed by atoms with van der Waals surface area (Å²) in [5, 5.41) is 0. The molecule has 0 unspecified atom stereocenters. The highest BCUT2D eigenvalue weighted by atomic mass is 79.9. The standard InChI is InChI=1S/C14H22BrNOS/c1-6-12(16-18-14(2,3)4)11-9-10(15)7-8-13(11)17-5/h7-9,12,16H,6H2,1-5H3/t12-/m0/s1. The molecule has 0 amide bonds. The van der Waals surface area contributed by atoms with Gasteiger partial charge in [-0.2, -0.15) is 0 Å². The molecule has 0 aliphatic heterocycles. The number of rotatable bonds is 5. The average molecular weight is 332 g/mol.